The van der Waals surface area contributed by atoms with E-state index in [2.05, 4.69) is 9.97 Å². The number of rotatable bonds is 7. The molecule has 4 rings (SSSR count). The largest absolute Gasteiger partial charge is 0.416 e. The molecule has 1 unspecified atom stereocenters. The molecule has 0 N–H and O–H groups in total. The molecule has 1 atom stereocenters. The van der Waals surface area contributed by atoms with Gasteiger partial charge in [-0.15, -0.1) is 0 Å². The van der Waals surface area contributed by atoms with Crippen LogP contribution in [0.3, 0.4) is 0 Å². The lowest BCUT2D eigenvalue weighted by Crippen LogP contribution is -2.11. The summed E-state index contributed by atoms with van der Waals surface area (Å²) < 4.78 is 46.3. The third kappa shape index (κ3) is 5.17. The first-order valence-corrected chi connectivity index (χ1v) is 10.8. The van der Waals surface area contributed by atoms with E-state index in [4.69, 9.17) is 21.4 Å². The molecule has 0 saturated heterocycles. The van der Waals surface area contributed by atoms with Crippen LogP contribution in [0.4, 0.5) is 13.2 Å². The molecule has 0 radical (unpaired) electrons. The Labute approximate surface area is 194 Å². The van der Waals surface area contributed by atoms with E-state index >= 15 is 0 Å². The number of hydrogen-bond donors (Lipinski definition) is 0. The molecular formula is C24H22ClF3N4O. The van der Waals surface area contributed by atoms with Gasteiger partial charge in [0, 0.05) is 6.42 Å². The Morgan fingerprint density at radius 3 is 2.39 bits per heavy atom. The van der Waals surface area contributed by atoms with E-state index in [0.717, 1.165) is 17.7 Å². The quantitative estimate of drug-likeness (QED) is 0.237. The van der Waals surface area contributed by atoms with Crippen molar-refractivity contribution >= 4 is 22.6 Å². The highest BCUT2D eigenvalue weighted by molar-refractivity contribution is 6.34. The van der Waals surface area contributed by atoms with Crippen molar-refractivity contribution in [3.63, 3.8) is 0 Å². The second kappa shape index (κ2) is 9.49. The zero-order valence-electron chi connectivity index (χ0n) is 18.1. The number of halogens is 4. The number of hydrogen-bond acceptors (Lipinski definition) is 4. The summed E-state index contributed by atoms with van der Waals surface area (Å²) in [5, 5.41) is 5.63. The van der Waals surface area contributed by atoms with Gasteiger partial charge in [-0.05, 0) is 37.1 Å². The fraction of sp³-hybridized carbons (Fsp3) is 0.292. The molecule has 0 aliphatic carbocycles. The minimum atomic E-state index is -4.38. The molecule has 0 aliphatic rings. The van der Waals surface area contributed by atoms with Crippen LogP contribution in [-0.4, -0.2) is 26.4 Å². The van der Waals surface area contributed by atoms with Crippen molar-refractivity contribution in [1.29, 1.82) is 0 Å². The summed E-state index contributed by atoms with van der Waals surface area (Å²) in [6.45, 7) is 4.48. The third-order valence-electron chi connectivity index (χ3n) is 5.37. The second-order valence-corrected chi connectivity index (χ2v) is 8.09. The Morgan fingerprint density at radius 1 is 1.03 bits per heavy atom. The molecule has 33 heavy (non-hydrogen) atoms. The Balaban J connectivity index is 1.60. The summed E-state index contributed by atoms with van der Waals surface area (Å²) in [6.07, 6.45) is -3.90. The maximum atomic E-state index is 12.9. The van der Waals surface area contributed by atoms with Crippen molar-refractivity contribution < 1.29 is 17.9 Å². The average molecular weight is 475 g/mol. The van der Waals surface area contributed by atoms with Crippen LogP contribution in [0.2, 0.25) is 5.15 Å². The van der Waals surface area contributed by atoms with Crippen LogP contribution in [0.1, 0.15) is 41.2 Å². The Kier molecular flexibility index (Phi) is 6.67. The standard InChI is InChI=1S/C24H22ClF3N4O/c1-15(18-8-10-19(11-9-18)24(26,27)28)32-23-21(22(25)29-16(2)30-23)20(31-32)12-13-33-14-17-6-4-3-5-7-17/h3-11,15H,12-14H2,1-2H3. The van der Waals surface area contributed by atoms with Crippen LogP contribution in [-0.2, 0) is 23.9 Å². The van der Waals surface area contributed by atoms with Crippen molar-refractivity contribution in [2.24, 2.45) is 0 Å². The SMILES string of the molecule is Cc1nc(Cl)c2c(CCOCc3ccccc3)nn(C(C)c3ccc(C(F)(F)F)cc3)c2n1. The molecule has 0 amide bonds. The first-order valence-electron chi connectivity index (χ1n) is 10.4. The number of aromatic nitrogens is 4. The smallest absolute Gasteiger partial charge is 0.376 e. The van der Waals surface area contributed by atoms with Crippen molar-refractivity contribution in [1.82, 2.24) is 19.7 Å². The molecule has 0 fully saturated rings. The number of ether oxygens (including phenoxy) is 1. The molecule has 9 heteroatoms. The highest BCUT2D eigenvalue weighted by atomic mass is 35.5. The predicted octanol–water partition coefficient (Wildman–Crippen LogP) is 6.18. The number of benzene rings is 2. The summed E-state index contributed by atoms with van der Waals surface area (Å²) >= 11 is 6.44. The molecular weight excluding hydrogens is 453 g/mol. The van der Waals surface area contributed by atoms with Crippen molar-refractivity contribution in [3.05, 3.63) is 88.0 Å². The van der Waals surface area contributed by atoms with Crippen molar-refractivity contribution in [2.75, 3.05) is 6.61 Å². The maximum Gasteiger partial charge on any atom is 0.416 e. The van der Waals surface area contributed by atoms with Gasteiger partial charge < -0.3 is 4.74 Å². The number of alkyl halides is 3. The van der Waals surface area contributed by atoms with Crippen LogP contribution >= 0.6 is 11.6 Å². The first-order chi connectivity index (χ1) is 15.7. The number of aryl methyl sites for hydroxylation is 1. The highest BCUT2D eigenvalue weighted by Crippen LogP contribution is 2.32. The van der Waals surface area contributed by atoms with E-state index in [9.17, 15) is 13.2 Å². The van der Waals surface area contributed by atoms with Crippen LogP contribution in [0.5, 0.6) is 0 Å². The molecule has 0 bridgehead atoms. The lowest BCUT2D eigenvalue weighted by molar-refractivity contribution is -0.137. The molecule has 2 aromatic carbocycles. The van der Waals surface area contributed by atoms with Crippen LogP contribution in [0, 0.1) is 6.92 Å². The van der Waals surface area contributed by atoms with E-state index in [1.165, 1.54) is 12.1 Å². The van der Waals surface area contributed by atoms with Gasteiger partial charge in [0.1, 0.15) is 11.0 Å². The first kappa shape index (κ1) is 23.2. The van der Waals surface area contributed by atoms with Gasteiger partial charge in [-0.1, -0.05) is 54.1 Å². The number of nitrogens with zero attached hydrogens (tertiary/aromatic N) is 4. The topological polar surface area (TPSA) is 52.8 Å². The number of fused-ring (bicyclic) bond motifs is 1. The molecule has 0 saturated carbocycles. The highest BCUT2D eigenvalue weighted by Gasteiger charge is 2.30. The second-order valence-electron chi connectivity index (χ2n) is 7.74. The Hall–Kier alpha value is -2.97. The van der Waals surface area contributed by atoms with Gasteiger partial charge in [-0.25, -0.2) is 14.6 Å². The van der Waals surface area contributed by atoms with Gasteiger partial charge in [0.05, 0.1) is 35.9 Å². The fourth-order valence-corrected chi connectivity index (χ4v) is 3.95. The van der Waals surface area contributed by atoms with Crippen LogP contribution in [0.15, 0.2) is 54.6 Å². The van der Waals surface area contributed by atoms with E-state index < -0.39 is 11.7 Å². The average Bonchev–Trinajstić information content (AvgIpc) is 3.15. The normalized spacial score (nSPS) is 12.9. The van der Waals surface area contributed by atoms with Crippen LogP contribution in [0.25, 0.3) is 11.0 Å². The van der Waals surface area contributed by atoms with Gasteiger partial charge in [0.15, 0.2) is 5.65 Å². The summed E-state index contributed by atoms with van der Waals surface area (Å²) in [7, 11) is 0. The van der Waals surface area contributed by atoms with E-state index in [1.54, 1.807) is 11.6 Å². The lowest BCUT2D eigenvalue weighted by Gasteiger charge is -2.15. The van der Waals surface area contributed by atoms with Gasteiger partial charge in [0.2, 0.25) is 0 Å². The Bertz CT molecular complexity index is 1240. The van der Waals surface area contributed by atoms with Gasteiger partial charge >= 0.3 is 6.18 Å². The van der Waals surface area contributed by atoms with Crippen LogP contribution < -0.4 is 0 Å². The molecule has 2 heterocycles. The van der Waals surface area contributed by atoms with E-state index in [-0.39, 0.29) is 6.04 Å². The van der Waals surface area contributed by atoms with Gasteiger partial charge in [-0.3, -0.25) is 0 Å². The zero-order valence-corrected chi connectivity index (χ0v) is 18.9. The zero-order chi connectivity index (χ0) is 23.6. The van der Waals surface area contributed by atoms with E-state index in [1.807, 2.05) is 37.3 Å². The molecule has 172 valence electrons. The summed E-state index contributed by atoms with van der Waals surface area (Å²) in [4.78, 5) is 8.78. The Morgan fingerprint density at radius 2 is 1.73 bits per heavy atom. The predicted molar refractivity (Wildman–Crippen MR) is 120 cm³/mol. The molecule has 0 aliphatic heterocycles. The summed E-state index contributed by atoms with van der Waals surface area (Å²) in [6, 6.07) is 14.5. The van der Waals surface area contributed by atoms with Crippen molar-refractivity contribution in [3.8, 4) is 0 Å². The fourth-order valence-electron chi connectivity index (χ4n) is 3.64. The third-order valence-corrected chi connectivity index (χ3v) is 5.65. The molecule has 4 aromatic rings. The van der Waals surface area contributed by atoms with Gasteiger partial charge in [-0.2, -0.15) is 18.3 Å². The molecule has 2 aromatic heterocycles. The van der Waals surface area contributed by atoms with Gasteiger partial charge in [0.25, 0.3) is 0 Å². The lowest BCUT2D eigenvalue weighted by atomic mass is 10.1. The monoisotopic (exact) mass is 474 g/mol. The summed E-state index contributed by atoms with van der Waals surface area (Å²) in [5.41, 5.74) is 2.27. The maximum absolute atomic E-state index is 12.9. The summed E-state index contributed by atoms with van der Waals surface area (Å²) in [5.74, 6) is 0.486. The van der Waals surface area contributed by atoms with E-state index in [0.29, 0.717) is 52.9 Å². The minimum absolute atomic E-state index is 0.293. The minimum Gasteiger partial charge on any atom is -0.376 e. The molecule has 0 spiro atoms. The van der Waals surface area contributed by atoms with Crippen molar-refractivity contribution in [2.45, 2.75) is 39.1 Å². The molecule has 5 nitrogen and oxygen atoms in total.